The molecule has 1 fully saturated rings. The lowest BCUT2D eigenvalue weighted by Gasteiger charge is -2.33. The topological polar surface area (TPSA) is 111 Å². The summed E-state index contributed by atoms with van der Waals surface area (Å²) in [7, 11) is 0. The van der Waals surface area contributed by atoms with E-state index in [1.165, 1.54) is 0 Å². The van der Waals surface area contributed by atoms with E-state index in [2.05, 4.69) is 5.32 Å². The zero-order valence-corrected chi connectivity index (χ0v) is 23.3. The third-order valence-electron chi connectivity index (χ3n) is 6.00. The maximum Gasteiger partial charge on any atom is 0.338 e. The van der Waals surface area contributed by atoms with Crippen LogP contribution in [-0.4, -0.2) is 59.2 Å². The minimum atomic E-state index is -1.09. The van der Waals surface area contributed by atoms with E-state index in [9.17, 15) is 19.2 Å². The van der Waals surface area contributed by atoms with Gasteiger partial charge in [-0.05, 0) is 74.7 Å². The van der Waals surface area contributed by atoms with E-state index in [1.807, 2.05) is 41.5 Å². The fraction of sp³-hybridized carbons (Fsp3) is 0.846. The summed E-state index contributed by atoms with van der Waals surface area (Å²) in [4.78, 5) is 54.1. The van der Waals surface area contributed by atoms with E-state index in [-0.39, 0.29) is 36.9 Å². The molecule has 0 spiro atoms. The molecule has 0 radical (unpaired) electrons. The van der Waals surface area contributed by atoms with Gasteiger partial charge >= 0.3 is 5.97 Å². The van der Waals surface area contributed by atoms with Crippen LogP contribution < -0.4 is 5.32 Å². The first kappa shape index (κ1) is 31.0. The van der Waals surface area contributed by atoms with Crippen LogP contribution in [0.2, 0.25) is 0 Å². The van der Waals surface area contributed by atoms with Gasteiger partial charge in [-0.2, -0.15) is 0 Å². The molecule has 0 aliphatic carbocycles. The fourth-order valence-electron chi connectivity index (χ4n) is 4.18. The molecule has 0 unspecified atom stereocenters. The molecule has 1 N–H and O–H groups in total. The predicted molar refractivity (Wildman–Crippen MR) is 132 cm³/mol. The highest BCUT2D eigenvalue weighted by Crippen LogP contribution is 2.35. The zero-order chi connectivity index (χ0) is 27.2. The van der Waals surface area contributed by atoms with Crippen molar-refractivity contribution in [1.29, 1.82) is 0 Å². The van der Waals surface area contributed by atoms with Crippen LogP contribution in [0.4, 0.5) is 0 Å². The molecule has 0 saturated carbocycles. The minimum Gasteiger partial charge on any atom is -0.375 e. The number of carbonyl (C=O) groups is 4. The van der Waals surface area contributed by atoms with Crippen molar-refractivity contribution in [3.05, 3.63) is 0 Å². The second-order valence-corrected chi connectivity index (χ2v) is 12.2. The molecular formula is C26H46N2O7. The van der Waals surface area contributed by atoms with Gasteiger partial charge < -0.3 is 19.6 Å². The van der Waals surface area contributed by atoms with Gasteiger partial charge in [0.1, 0.15) is 0 Å². The standard InChI is InChI=1S/C26H46N2O7/c1-18(2)34-26(9,10)14-16-33-25(7,8)13-15-27-21(31)23(3,4)17-24(5,6)22(32)35-28-19(29)11-12-20(28)30/h18H,11-17H2,1-10H3,(H,27,31). The van der Waals surface area contributed by atoms with Crippen molar-refractivity contribution < 1.29 is 33.5 Å². The third kappa shape index (κ3) is 10.3. The number of rotatable bonds is 14. The highest BCUT2D eigenvalue weighted by Gasteiger charge is 2.43. The SMILES string of the molecule is CC(C)OC(C)(C)CCOC(C)(C)CCNC(=O)C(C)(C)CC(C)(C)C(=O)ON1C(=O)CCC1=O. The van der Waals surface area contributed by atoms with Gasteiger partial charge in [-0.3, -0.25) is 14.4 Å². The van der Waals surface area contributed by atoms with Crippen LogP contribution in [0.5, 0.6) is 0 Å². The van der Waals surface area contributed by atoms with Crippen LogP contribution >= 0.6 is 0 Å². The van der Waals surface area contributed by atoms with Crippen molar-refractivity contribution in [2.75, 3.05) is 13.2 Å². The van der Waals surface area contributed by atoms with Crippen molar-refractivity contribution in [1.82, 2.24) is 10.4 Å². The Bertz CT molecular complexity index is 769. The van der Waals surface area contributed by atoms with E-state index < -0.39 is 34.2 Å². The Kier molecular flexibility index (Phi) is 10.5. The van der Waals surface area contributed by atoms with Gasteiger partial charge in [0, 0.05) is 24.8 Å². The van der Waals surface area contributed by atoms with E-state index in [0.717, 1.165) is 6.42 Å². The Hall–Kier alpha value is -2.00. The van der Waals surface area contributed by atoms with Crippen LogP contribution in [0.15, 0.2) is 0 Å². The van der Waals surface area contributed by atoms with E-state index in [1.54, 1.807) is 27.7 Å². The van der Waals surface area contributed by atoms with Crippen LogP contribution in [-0.2, 0) is 33.5 Å². The average molecular weight is 499 g/mol. The molecule has 9 heteroatoms. The summed E-state index contributed by atoms with van der Waals surface area (Å²) in [5, 5.41) is 3.48. The quantitative estimate of drug-likeness (QED) is 0.361. The van der Waals surface area contributed by atoms with Gasteiger partial charge in [-0.25, -0.2) is 4.79 Å². The second-order valence-electron chi connectivity index (χ2n) is 12.2. The molecule has 0 aromatic rings. The smallest absolute Gasteiger partial charge is 0.338 e. The van der Waals surface area contributed by atoms with Crippen molar-refractivity contribution in [2.45, 2.75) is 119 Å². The summed E-state index contributed by atoms with van der Waals surface area (Å²) in [6, 6.07) is 0. The Morgan fingerprint density at radius 3 is 1.94 bits per heavy atom. The van der Waals surface area contributed by atoms with E-state index in [4.69, 9.17) is 14.3 Å². The highest BCUT2D eigenvalue weighted by atomic mass is 16.7. The van der Waals surface area contributed by atoms with Crippen LogP contribution in [0, 0.1) is 10.8 Å². The van der Waals surface area contributed by atoms with Gasteiger partial charge in [0.25, 0.3) is 11.8 Å². The van der Waals surface area contributed by atoms with Gasteiger partial charge in [0.2, 0.25) is 5.91 Å². The summed E-state index contributed by atoms with van der Waals surface area (Å²) >= 11 is 0. The molecule has 0 atom stereocenters. The Morgan fingerprint density at radius 2 is 1.43 bits per heavy atom. The molecule has 35 heavy (non-hydrogen) atoms. The number of hydrogen-bond donors (Lipinski definition) is 1. The second kappa shape index (κ2) is 11.8. The molecule has 1 heterocycles. The zero-order valence-electron chi connectivity index (χ0n) is 23.3. The first-order valence-corrected chi connectivity index (χ1v) is 12.5. The van der Waals surface area contributed by atoms with Gasteiger partial charge in [0.05, 0.1) is 29.3 Å². The summed E-state index contributed by atoms with van der Waals surface area (Å²) in [6.07, 6.45) is 1.76. The fourth-order valence-corrected chi connectivity index (χ4v) is 4.18. The molecule has 0 aromatic carbocycles. The summed E-state index contributed by atoms with van der Waals surface area (Å²) < 4.78 is 12.0. The number of nitrogens with zero attached hydrogens (tertiary/aromatic N) is 1. The summed E-state index contributed by atoms with van der Waals surface area (Å²) in [6.45, 7) is 19.8. The van der Waals surface area contributed by atoms with Gasteiger partial charge in [-0.15, -0.1) is 5.06 Å². The minimum absolute atomic E-state index is 0.0317. The van der Waals surface area contributed by atoms with E-state index >= 15 is 0 Å². The molecular weight excluding hydrogens is 452 g/mol. The van der Waals surface area contributed by atoms with Crippen LogP contribution in [0.1, 0.15) is 101 Å². The Balaban J connectivity index is 2.54. The van der Waals surface area contributed by atoms with Gasteiger partial charge in [0.15, 0.2) is 0 Å². The monoisotopic (exact) mass is 498 g/mol. The molecule has 202 valence electrons. The first-order valence-electron chi connectivity index (χ1n) is 12.5. The van der Waals surface area contributed by atoms with Gasteiger partial charge in [-0.1, -0.05) is 13.8 Å². The summed E-state index contributed by atoms with van der Waals surface area (Å²) in [5.41, 5.74) is -2.67. The third-order valence-corrected chi connectivity index (χ3v) is 6.00. The van der Waals surface area contributed by atoms with Crippen molar-refractivity contribution in [2.24, 2.45) is 10.8 Å². The summed E-state index contributed by atoms with van der Waals surface area (Å²) in [5.74, 6) is -1.98. The highest BCUT2D eigenvalue weighted by molar-refractivity contribution is 6.01. The molecule has 3 amide bonds. The molecule has 0 bridgehead atoms. The maximum absolute atomic E-state index is 12.9. The lowest BCUT2D eigenvalue weighted by Crippen LogP contribution is -2.45. The number of ether oxygens (including phenoxy) is 2. The lowest BCUT2D eigenvalue weighted by molar-refractivity contribution is -0.205. The molecule has 1 aliphatic rings. The number of amides is 3. The van der Waals surface area contributed by atoms with Crippen molar-refractivity contribution in [3.63, 3.8) is 0 Å². The number of carbonyl (C=O) groups excluding carboxylic acids is 4. The number of imide groups is 1. The van der Waals surface area contributed by atoms with Crippen LogP contribution in [0.25, 0.3) is 0 Å². The van der Waals surface area contributed by atoms with Crippen LogP contribution in [0.3, 0.4) is 0 Å². The molecule has 0 aromatic heterocycles. The number of hydrogen-bond acceptors (Lipinski definition) is 7. The molecule has 1 aliphatic heterocycles. The molecule has 1 saturated heterocycles. The maximum atomic E-state index is 12.9. The Morgan fingerprint density at radius 1 is 0.886 bits per heavy atom. The average Bonchev–Trinajstić information content (AvgIpc) is 2.97. The Labute approximate surface area is 210 Å². The number of nitrogens with one attached hydrogen (secondary N) is 1. The lowest BCUT2D eigenvalue weighted by atomic mass is 9.74. The van der Waals surface area contributed by atoms with E-state index in [0.29, 0.717) is 24.6 Å². The molecule has 1 rings (SSSR count). The normalized spacial score (nSPS) is 15.7. The largest absolute Gasteiger partial charge is 0.375 e. The van der Waals surface area contributed by atoms with Crippen molar-refractivity contribution in [3.8, 4) is 0 Å². The first-order chi connectivity index (χ1) is 15.8. The predicted octanol–water partition coefficient (Wildman–Crippen LogP) is 3.93. The number of hydroxylamine groups is 2. The molecule has 9 nitrogen and oxygen atoms in total. The van der Waals surface area contributed by atoms with Crippen molar-refractivity contribution >= 4 is 23.7 Å².